The maximum absolute atomic E-state index is 16.2. The first-order valence-corrected chi connectivity index (χ1v) is 39.8. The van der Waals surface area contributed by atoms with E-state index >= 15 is 19.2 Å². The molecular formula is C71H84Cl2N10O32P2. The number of likely N-dealkylation sites (N-methyl/N-ethyl adjacent to an activating group) is 1. The number of hydrogen-bond acceptors (Lipinski definition) is 29. The highest BCUT2D eigenvalue weighted by atomic mass is 35.5. The van der Waals surface area contributed by atoms with Crippen LogP contribution in [0, 0.1) is 5.92 Å². The van der Waals surface area contributed by atoms with E-state index in [-0.39, 0.29) is 24.3 Å². The summed E-state index contributed by atoms with van der Waals surface area (Å²) in [5.74, 6) is -21.2. The van der Waals surface area contributed by atoms with Crippen LogP contribution in [0.4, 0.5) is 0 Å². The molecule has 7 aliphatic rings. The number of aromatic hydroxyl groups is 3. The second-order valence-corrected chi connectivity index (χ2v) is 33.4. The Labute approximate surface area is 672 Å². The van der Waals surface area contributed by atoms with Gasteiger partial charge in [0.05, 0.1) is 47.7 Å². The SMILES string of the molecule is CN[C@H](CC(C)C)C(=O)N[C@H]1C(=O)N[C@@H](CC(N)=O)C(=O)N[C@H]2C(=O)N[C@H]3C(=O)N[C@H](C(=O)N[C@H](C(=O)O)c4cc(O)cc(O)c4-c4cc3ccc4O)[C@H](O)c3ccc(c(Cl)c3)Oc3cc2cc(c3O[C@@H]2O[C@H](CO)[C@@H](O)[C@H](O)[C@H]2O[C@H]2C[C@](C)(N)[C@H](O)[C@H](C)O2)Oc2ccc(cc2Cl)[C@H]1OC(=O)CCC(=O)NC(P(=O)(O)O)P(=O)(O)O. The third kappa shape index (κ3) is 20.4. The quantitative estimate of drug-likeness (QED) is 0.0335. The molecule has 0 aliphatic carbocycles. The van der Waals surface area contributed by atoms with Gasteiger partial charge in [0.15, 0.2) is 36.0 Å². The first-order valence-electron chi connectivity index (χ1n) is 35.6. The molecule has 11 bridgehead atoms. The largest absolute Gasteiger partial charge is 0.508 e. The van der Waals surface area contributed by atoms with Crippen molar-refractivity contribution >= 4 is 97.6 Å². The number of phenolic OH excluding ortho intramolecular Hbond substituents is 3. The van der Waals surface area contributed by atoms with Crippen LogP contribution in [-0.4, -0.2) is 223 Å². The van der Waals surface area contributed by atoms with Crippen LogP contribution in [0.1, 0.15) is 118 Å². The van der Waals surface area contributed by atoms with Crippen LogP contribution in [0.15, 0.2) is 78.9 Å². The minimum Gasteiger partial charge on any atom is -0.508 e. The topological polar surface area (TPSA) is 681 Å². The Morgan fingerprint density at radius 3 is 1.89 bits per heavy atom. The van der Waals surface area contributed by atoms with Crippen molar-refractivity contribution in [2.45, 2.75) is 175 Å². The number of aliphatic carboxylic acids is 1. The number of phenols is 3. The summed E-state index contributed by atoms with van der Waals surface area (Å²) in [5.41, 5.74) is 4.21. The van der Waals surface area contributed by atoms with Crippen LogP contribution in [0.2, 0.25) is 10.0 Å². The van der Waals surface area contributed by atoms with Crippen molar-refractivity contribution in [3.63, 3.8) is 0 Å². The monoisotopic (exact) mass is 1720 g/mol. The molecule has 0 saturated carbocycles. The number of carbonyl (C=O) groups excluding carboxylic acids is 9. The molecular weight excluding hydrogens is 1640 g/mol. The van der Waals surface area contributed by atoms with Crippen molar-refractivity contribution in [3.05, 3.63) is 117 Å². The molecule has 634 valence electrons. The van der Waals surface area contributed by atoms with Gasteiger partial charge in [-0.2, -0.15) is 0 Å². The van der Waals surface area contributed by atoms with Gasteiger partial charge in [0.1, 0.15) is 83.4 Å². The Hall–Kier alpha value is -9.92. The fraction of sp³-hybridized carbons (Fsp3) is 0.437. The third-order valence-corrected chi connectivity index (χ3v) is 23.4. The van der Waals surface area contributed by atoms with Crippen LogP contribution in [-0.2, 0) is 76.0 Å². The van der Waals surface area contributed by atoms with E-state index in [9.17, 15) is 103 Å². The van der Waals surface area contributed by atoms with Gasteiger partial charge in [0, 0.05) is 41.1 Å². The van der Waals surface area contributed by atoms with E-state index in [0.29, 0.717) is 0 Å². The molecule has 5 aromatic rings. The number of rotatable bonds is 20. The molecule has 0 unspecified atom stereocenters. The van der Waals surface area contributed by atoms with Crippen LogP contribution < -0.4 is 68.2 Å². The van der Waals surface area contributed by atoms with Gasteiger partial charge in [-0.1, -0.05) is 55.2 Å². The van der Waals surface area contributed by atoms with Crippen molar-refractivity contribution in [1.82, 2.24) is 42.5 Å². The molecule has 7 heterocycles. The average molecular weight is 1720 g/mol. The molecule has 12 rings (SSSR count). The van der Waals surface area contributed by atoms with Crippen LogP contribution in [0.25, 0.3) is 11.1 Å². The second-order valence-electron chi connectivity index (χ2n) is 28.8. The first kappa shape index (κ1) is 89.4. The van der Waals surface area contributed by atoms with E-state index < -0.39 is 304 Å². The Balaban J connectivity index is 1.24. The van der Waals surface area contributed by atoms with E-state index in [4.69, 9.17) is 67.8 Å². The fourth-order valence-corrected chi connectivity index (χ4v) is 16.3. The van der Waals surface area contributed by atoms with Gasteiger partial charge in [-0.15, -0.1) is 0 Å². The molecule has 5 aromatic carbocycles. The lowest BCUT2D eigenvalue weighted by Gasteiger charge is -2.47. The number of halogens is 2. The molecule has 2 saturated heterocycles. The fourth-order valence-electron chi connectivity index (χ4n) is 13.6. The molecule has 25 N–H and O–H groups in total. The number of carbonyl (C=O) groups is 10. The van der Waals surface area contributed by atoms with Gasteiger partial charge in [0.2, 0.25) is 64.8 Å². The number of hydrogen-bond donors (Lipinski definition) is 23. The Morgan fingerprint density at radius 1 is 0.709 bits per heavy atom. The minimum atomic E-state index is -5.82. The summed E-state index contributed by atoms with van der Waals surface area (Å²) >= 11 is 14.3. The molecule has 117 heavy (non-hydrogen) atoms. The number of carboxylic acid groups (broad SMARTS) is 1. The number of aliphatic hydroxyl groups excluding tert-OH is 5. The maximum Gasteiger partial charge on any atom is 0.360 e. The minimum absolute atomic E-state index is 0.0228. The maximum atomic E-state index is 16.2. The molecule has 0 radical (unpaired) electrons. The number of carboxylic acids is 1. The van der Waals surface area contributed by atoms with Crippen LogP contribution >= 0.6 is 38.4 Å². The van der Waals surface area contributed by atoms with Gasteiger partial charge >= 0.3 is 27.1 Å². The lowest BCUT2D eigenvalue weighted by molar-refractivity contribution is -0.333. The van der Waals surface area contributed by atoms with E-state index in [2.05, 4.69) is 37.2 Å². The van der Waals surface area contributed by atoms with Gasteiger partial charge in [-0.05, 0) is 110 Å². The number of esters is 1. The van der Waals surface area contributed by atoms with E-state index in [1.54, 1.807) is 13.8 Å². The Morgan fingerprint density at radius 2 is 1.31 bits per heavy atom. The highest BCUT2D eigenvalue weighted by Gasteiger charge is 2.52. The smallest absolute Gasteiger partial charge is 0.360 e. The van der Waals surface area contributed by atoms with Crippen molar-refractivity contribution < 1.29 is 156 Å². The number of ether oxygens (including phenoxy) is 7. The molecule has 0 spiro atoms. The van der Waals surface area contributed by atoms with Crippen LogP contribution in [0.5, 0.6) is 46.0 Å². The average Bonchev–Trinajstić information content (AvgIpc) is 0.766. The molecule has 42 nitrogen and oxygen atoms in total. The number of primary amides is 1. The number of fused-ring (bicyclic) bond motifs is 15. The number of benzene rings is 5. The van der Waals surface area contributed by atoms with E-state index in [0.717, 1.165) is 78.9 Å². The number of amides is 8. The highest BCUT2D eigenvalue weighted by molar-refractivity contribution is 7.70. The summed E-state index contributed by atoms with van der Waals surface area (Å²) in [6.07, 6.45) is -22.4. The molecule has 0 aromatic heterocycles. The summed E-state index contributed by atoms with van der Waals surface area (Å²) in [6.45, 7) is 5.27. The molecule has 8 amide bonds. The normalized spacial score (nSPS) is 27.3. The zero-order valence-electron chi connectivity index (χ0n) is 62.1. The molecule has 46 heteroatoms. The first-order chi connectivity index (χ1) is 54.8. The van der Waals surface area contributed by atoms with E-state index in [1.807, 2.05) is 0 Å². The zero-order valence-corrected chi connectivity index (χ0v) is 65.4. The number of nitrogens with two attached hydrogens (primary N) is 2. The van der Waals surface area contributed by atoms with Gasteiger partial charge in [-0.25, -0.2) is 4.79 Å². The van der Waals surface area contributed by atoms with E-state index in [1.165, 1.54) is 26.2 Å². The summed E-state index contributed by atoms with van der Waals surface area (Å²) in [4.78, 5) is 186. The van der Waals surface area contributed by atoms with Gasteiger partial charge in [-0.3, -0.25) is 52.3 Å². The van der Waals surface area contributed by atoms with Gasteiger partial charge in [0.25, 0.3) is 0 Å². The summed E-state index contributed by atoms with van der Waals surface area (Å²) in [6, 6.07) is -3.04. The lowest BCUT2D eigenvalue weighted by Crippen LogP contribution is -2.64. The van der Waals surface area contributed by atoms with Crippen LogP contribution in [0.3, 0.4) is 0 Å². The predicted molar refractivity (Wildman–Crippen MR) is 398 cm³/mol. The summed E-state index contributed by atoms with van der Waals surface area (Å²) in [5, 5.41) is 120. The molecule has 2 fully saturated rings. The number of aliphatic hydroxyl groups is 5. The lowest BCUT2D eigenvalue weighted by atomic mass is 9.86. The number of nitrogens with one attached hydrogen (secondary N) is 8. The highest BCUT2D eigenvalue weighted by Crippen LogP contribution is 2.58. The zero-order chi connectivity index (χ0) is 86.1. The van der Waals surface area contributed by atoms with Crippen molar-refractivity contribution in [3.8, 4) is 57.1 Å². The Kier molecular flexibility index (Phi) is 27.6. The molecule has 18 atom stereocenters. The standard InChI is InChI=1S/C71H84Cl2N10O32P2/c1-25(2)14-36(76-5)62(95)83-54-58(113-47(90)13-12-46(89)78-70(116(103,104)105)117(106,107)108)29-8-11-41(35(73)17-29)111-43-19-30-18-42(59(43)115-69-60(57(93)56(92)44(24-84)112-69)114-48-23-71(4,75)61(94)26(3)109-48)110-40-10-7-28(16-34(40)72)55(91)53-66(99)81-52(68(101)102)33-20-31(85)21-39(87)49(33)32-15-27(6-9-38(32)86)50(64(97)82-53)80-65(98)51(30)79-63(96)37(22-45(74)88)77-67(54)100/h6-11,15-21,25-26,36-37,44,48,50-58,60-61,69-70,76,84-87,91-94H,12-14,22-24,75H2,1-5H3,(H2,74,88)(H,77,100)(H,78,89)(H,79,96)(H,80,98)(H,81,99)(H,82,97)(H,83,95)(H,101,102)(H2,103,104,105)(H2,106,107,108)/t26-,36+,37-,44+,48-,50+,51+,52-,53-,54+,55+,56+,57-,58+,60+,61+,69-,71-/m0/s1. The van der Waals surface area contributed by atoms with Crippen molar-refractivity contribution in [2.75, 3.05) is 13.7 Å². The summed E-state index contributed by atoms with van der Waals surface area (Å²) < 4.78 is 68.5. The second kappa shape index (κ2) is 36.1. The van der Waals surface area contributed by atoms with Gasteiger partial charge < -0.3 is 153 Å². The third-order valence-electron chi connectivity index (χ3n) is 19.5. The Bertz CT molecular complexity index is 4800. The molecule has 7 aliphatic heterocycles. The predicted octanol–water partition coefficient (Wildman–Crippen LogP) is -0.807. The van der Waals surface area contributed by atoms with Crippen molar-refractivity contribution in [1.29, 1.82) is 0 Å². The summed E-state index contributed by atoms with van der Waals surface area (Å²) in [7, 11) is -10.3. The van der Waals surface area contributed by atoms with Crippen molar-refractivity contribution in [2.24, 2.45) is 17.4 Å².